The van der Waals surface area contributed by atoms with Crippen LogP contribution in [0.15, 0.2) is 28.1 Å². The first-order valence-electron chi connectivity index (χ1n) is 5.70. The predicted octanol–water partition coefficient (Wildman–Crippen LogP) is 5.09. The molecule has 1 aromatic carbocycles. The summed E-state index contributed by atoms with van der Waals surface area (Å²) >= 11 is 11.1. The second-order valence-electron chi connectivity index (χ2n) is 3.85. The van der Waals surface area contributed by atoms with Crippen molar-refractivity contribution in [3.63, 3.8) is 0 Å². The third-order valence-corrected chi connectivity index (χ3v) is 4.09. The molecule has 5 heteroatoms. The third-order valence-electron chi connectivity index (χ3n) is 2.33. The molecule has 0 bridgehead atoms. The van der Waals surface area contributed by atoms with Gasteiger partial charge in [0.25, 0.3) is 0 Å². The summed E-state index contributed by atoms with van der Waals surface area (Å²) < 4.78 is 6.63. The number of rotatable bonds is 5. The summed E-state index contributed by atoms with van der Waals surface area (Å²) in [6.45, 7) is 2.61. The molecule has 2 nitrogen and oxygen atoms in total. The Labute approximate surface area is 124 Å². The van der Waals surface area contributed by atoms with E-state index in [4.69, 9.17) is 16.3 Å². The molecule has 1 heterocycles. The Kier molecular flexibility index (Phi) is 5.03. The Morgan fingerprint density at radius 2 is 2.28 bits per heavy atom. The molecule has 0 spiro atoms. The van der Waals surface area contributed by atoms with Gasteiger partial charge in [-0.3, -0.25) is 0 Å². The van der Waals surface area contributed by atoms with Crippen LogP contribution in [0, 0.1) is 0 Å². The number of hydrogen-bond donors (Lipinski definition) is 0. The summed E-state index contributed by atoms with van der Waals surface area (Å²) in [5, 5.41) is 3.82. The molecule has 0 unspecified atom stereocenters. The van der Waals surface area contributed by atoms with Gasteiger partial charge in [0.2, 0.25) is 0 Å². The van der Waals surface area contributed by atoms with E-state index in [2.05, 4.69) is 27.8 Å². The number of aromatic nitrogens is 1. The van der Waals surface area contributed by atoms with Crippen molar-refractivity contribution in [3.8, 4) is 5.75 Å². The van der Waals surface area contributed by atoms with E-state index in [1.54, 1.807) is 11.3 Å². The lowest BCUT2D eigenvalue weighted by Crippen LogP contribution is -1.97. The highest BCUT2D eigenvalue weighted by molar-refractivity contribution is 9.10. The Morgan fingerprint density at radius 1 is 1.44 bits per heavy atom. The first-order chi connectivity index (χ1) is 8.69. The average Bonchev–Trinajstić information content (AvgIpc) is 2.79. The van der Waals surface area contributed by atoms with Gasteiger partial charge >= 0.3 is 0 Å². The van der Waals surface area contributed by atoms with E-state index in [0.29, 0.717) is 17.4 Å². The normalized spacial score (nSPS) is 10.6. The highest BCUT2D eigenvalue weighted by Gasteiger charge is 2.05. The average molecular weight is 347 g/mol. The number of benzene rings is 1. The zero-order valence-corrected chi connectivity index (χ0v) is 13.1. The molecule has 0 amide bonds. The number of thiazole rings is 1. The number of aryl methyl sites for hydroxylation is 1. The molecule has 1 aromatic heterocycles. The Hall–Kier alpha value is -0.580. The summed E-state index contributed by atoms with van der Waals surface area (Å²) in [7, 11) is 0. The monoisotopic (exact) mass is 345 g/mol. The lowest BCUT2D eigenvalue weighted by molar-refractivity contribution is 0.302. The molecular formula is C13H13BrClNOS. The molecule has 0 saturated carbocycles. The molecule has 0 aliphatic heterocycles. The van der Waals surface area contributed by atoms with Crippen LogP contribution in [-0.2, 0) is 13.0 Å². The van der Waals surface area contributed by atoms with E-state index in [9.17, 15) is 0 Å². The first kappa shape index (κ1) is 13.8. The van der Waals surface area contributed by atoms with Crippen molar-refractivity contribution < 1.29 is 4.74 Å². The van der Waals surface area contributed by atoms with Crippen molar-refractivity contribution in [3.05, 3.63) is 43.8 Å². The number of nitrogens with zero attached hydrogens (tertiary/aromatic N) is 1. The molecule has 18 heavy (non-hydrogen) atoms. The number of halogens is 2. The van der Waals surface area contributed by atoms with E-state index in [1.807, 2.05) is 23.6 Å². The Bertz CT molecular complexity index is 529. The molecule has 96 valence electrons. The molecule has 0 fully saturated rings. The van der Waals surface area contributed by atoms with Crippen molar-refractivity contribution in [2.24, 2.45) is 0 Å². The maximum atomic E-state index is 6.05. The zero-order chi connectivity index (χ0) is 13.0. The van der Waals surface area contributed by atoms with Crippen LogP contribution in [0.3, 0.4) is 0 Å². The fourth-order valence-electron chi connectivity index (χ4n) is 1.48. The fourth-order valence-corrected chi connectivity index (χ4v) is 2.88. The molecule has 2 aromatic rings. The highest BCUT2D eigenvalue weighted by Crippen LogP contribution is 2.28. The van der Waals surface area contributed by atoms with Gasteiger partial charge in [-0.15, -0.1) is 11.3 Å². The summed E-state index contributed by atoms with van der Waals surface area (Å²) in [4.78, 5) is 4.51. The molecular weight excluding hydrogens is 334 g/mol. The van der Waals surface area contributed by atoms with Crippen molar-refractivity contribution in [1.29, 1.82) is 0 Å². The smallest absolute Gasteiger partial charge is 0.139 e. The van der Waals surface area contributed by atoms with E-state index < -0.39 is 0 Å². The van der Waals surface area contributed by atoms with Crippen LogP contribution >= 0.6 is 38.9 Å². The quantitative estimate of drug-likeness (QED) is 0.752. The van der Waals surface area contributed by atoms with Crippen LogP contribution in [0.5, 0.6) is 5.75 Å². The molecule has 0 N–H and O–H groups in total. The van der Waals surface area contributed by atoms with E-state index >= 15 is 0 Å². The van der Waals surface area contributed by atoms with Gasteiger partial charge in [-0.25, -0.2) is 4.98 Å². The maximum absolute atomic E-state index is 6.05. The minimum Gasteiger partial charge on any atom is -0.486 e. The summed E-state index contributed by atoms with van der Waals surface area (Å²) in [6.07, 6.45) is 2.15. The minimum absolute atomic E-state index is 0.455. The van der Waals surface area contributed by atoms with Gasteiger partial charge in [0.15, 0.2) is 0 Å². The molecule has 0 radical (unpaired) electrons. The van der Waals surface area contributed by atoms with Crippen LogP contribution in [0.1, 0.15) is 24.0 Å². The number of ether oxygens (including phenoxy) is 1. The van der Waals surface area contributed by atoms with Crippen LogP contribution < -0.4 is 4.74 Å². The molecule has 0 atom stereocenters. The summed E-state index contributed by atoms with van der Waals surface area (Å²) in [5.41, 5.74) is 0.958. The Morgan fingerprint density at radius 3 is 3.06 bits per heavy atom. The van der Waals surface area contributed by atoms with Crippen LogP contribution in [0.25, 0.3) is 0 Å². The number of hydrogen-bond acceptors (Lipinski definition) is 3. The van der Waals surface area contributed by atoms with Gasteiger partial charge in [-0.05, 0) is 31.0 Å². The topological polar surface area (TPSA) is 22.1 Å². The molecule has 0 aliphatic carbocycles. The van der Waals surface area contributed by atoms with Gasteiger partial charge in [0, 0.05) is 9.85 Å². The van der Waals surface area contributed by atoms with Crippen molar-refractivity contribution in [1.82, 2.24) is 4.98 Å². The van der Waals surface area contributed by atoms with Gasteiger partial charge in [-0.1, -0.05) is 34.5 Å². The lowest BCUT2D eigenvalue weighted by atomic mass is 10.3. The summed E-state index contributed by atoms with van der Waals surface area (Å²) in [6, 6.07) is 5.56. The molecule has 0 aliphatic rings. The second-order valence-corrected chi connectivity index (χ2v) is 6.11. The largest absolute Gasteiger partial charge is 0.486 e. The lowest BCUT2D eigenvalue weighted by Gasteiger charge is -2.06. The van der Waals surface area contributed by atoms with Crippen molar-refractivity contribution >= 4 is 38.9 Å². The van der Waals surface area contributed by atoms with Crippen molar-refractivity contribution in [2.45, 2.75) is 26.4 Å². The summed E-state index contributed by atoms with van der Waals surface area (Å²) in [5.74, 6) is 0.677. The van der Waals surface area contributed by atoms with Gasteiger partial charge in [0.1, 0.15) is 12.4 Å². The molecule has 2 rings (SSSR count). The SMILES string of the molecule is CCCc1nc(COc2cc(Br)ccc2Cl)cs1. The van der Waals surface area contributed by atoms with Crippen LogP contribution in [0.4, 0.5) is 0 Å². The van der Waals surface area contributed by atoms with E-state index in [1.165, 1.54) is 0 Å². The van der Waals surface area contributed by atoms with E-state index in [0.717, 1.165) is 28.0 Å². The Balaban J connectivity index is 1.99. The highest BCUT2D eigenvalue weighted by atomic mass is 79.9. The van der Waals surface area contributed by atoms with Crippen molar-refractivity contribution in [2.75, 3.05) is 0 Å². The van der Waals surface area contributed by atoms with E-state index in [-0.39, 0.29) is 0 Å². The third kappa shape index (κ3) is 3.70. The van der Waals surface area contributed by atoms with Crippen LogP contribution in [0.2, 0.25) is 5.02 Å². The second kappa shape index (κ2) is 6.55. The first-order valence-corrected chi connectivity index (χ1v) is 7.75. The zero-order valence-electron chi connectivity index (χ0n) is 9.95. The maximum Gasteiger partial charge on any atom is 0.139 e. The predicted molar refractivity (Wildman–Crippen MR) is 79.6 cm³/mol. The molecule has 0 saturated heterocycles. The van der Waals surface area contributed by atoms with Gasteiger partial charge < -0.3 is 4.74 Å². The van der Waals surface area contributed by atoms with Gasteiger partial charge in [0.05, 0.1) is 15.7 Å². The standard InChI is InChI=1S/C13H13BrClNOS/c1-2-3-13-16-10(8-18-13)7-17-12-6-9(14)4-5-11(12)15/h4-6,8H,2-3,7H2,1H3. The van der Waals surface area contributed by atoms with Crippen LogP contribution in [-0.4, -0.2) is 4.98 Å². The fraction of sp³-hybridized carbons (Fsp3) is 0.308. The van der Waals surface area contributed by atoms with Gasteiger partial charge in [-0.2, -0.15) is 0 Å². The minimum atomic E-state index is 0.455.